The Morgan fingerprint density at radius 2 is 1.76 bits per heavy atom. The molecule has 0 saturated carbocycles. The van der Waals surface area contributed by atoms with E-state index in [-0.39, 0.29) is 12.7 Å². The Labute approximate surface area is 147 Å². The van der Waals surface area contributed by atoms with Gasteiger partial charge in [0.2, 0.25) is 6.79 Å². The fourth-order valence-electron chi connectivity index (χ4n) is 3.31. The first-order valence-corrected chi connectivity index (χ1v) is 8.81. The van der Waals surface area contributed by atoms with Crippen LogP contribution in [-0.4, -0.2) is 32.3 Å². The molecule has 5 heteroatoms. The molecule has 2 aliphatic rings. The molecule has 2 aliphatic heterocycles. The van der Waals surface area contributed by atoms with Crippen LogP contribution in [0.25, 0.3) is 0 Å². The molecule has 0 unspecified atom stereocenters. The molecule has 2 aromatic carbocycles. The van der Waals surface area contributed by atoms with E-state index in [9.17, 15) is 4.79 Å². The molecule has 0 radical (unpaired) electrons. The first-order valence-electron chi connectivity index (χ1n) is 8.81. The maximum absolute atomic E-state index is 12.2. The van der Waals surface area contributed by atoms with Gasteiger partial charge in [0.25, 0.3) is 5.91 Å². The van der Waals surface area contributed by atoms with E-state index in [1.165, 1.54) is 24.1 Å². The molecule has 1 saturated heterocycles. The second kappa shape index (κ2) is 7.05. The topological polar surface area (TPSA) is 50.8 Å². The number of rotatable bonds is 5. The average Bonchev–Trinajstić information content (AvgIpc) is 3.33. The van der Waals surface area contributed by atoms with Crippen LogP contribution in [0.2, 0.25) is 0 Å². The highest BCUT2D eigenvalue weighted by atomic mass is 16.7. The van der Waals surface area contributed by atoms with Crippen molar-refractivity contribution in [2.75, 3.05) is 31.3 Å². The summed E-state index contributed by atoms with van der Waals surface area (Å²) in [5.41, 5.74) is 3.12. The minimum atomic E-state index is -0.0908. The summed E-state index contributed by atoms with van der Waals surface area (Å²) in [6.07, 6.45) is 3.39. The molecular formula is C20H22N2O3. The van der Waals surface area contributed by atoms with Gasteiger partial charge in [0.1, 0.15) is 0 Å². The molecule has 5 nitrogen and oxygen atoms in total. The highest BCUT2D eigenvalue weighted by Crippen LogP contribution is 2.32. The molecule has 1 amide bonds. The first-order chi connectivity index (χ1) is 12.3. The molecule has 0 aliphatic carbocycles. The second-order valence-electron chi connectivity index (χ2n) is 6.43. The Morgan fingerprint density at radius 3 is 2.56 bits per heavy atom. The summed E-state index contributed by atoms with van der Waals surface area (Å²) >= 11 is 0. The number of nitrogens with zero attached hydrogens (tertiary/aromatic N) is 1. The summed E-state index contributed by atoms with van der Waals surface area (Å²) in [4.78, 5) is 14.7. The quantitative estimate of drug-likeness (QED) is 0.911. The fourth-order valence-corrected chi connectivity index (χ4v) is 3.31. The molecule has 25 heavy (non-hydrogen) atoms. The van der Waals surface area contributed by atoms with Crippen molar-refractivity contribution in [2.24, 2.45) is 0 Å². The van der Waals surface area contributed by atoms with Gasteiger partial charge in [0.05, 0.1) is 0 Å². The van der Waals surface area contributed by atoms with Gasteiger partial charge in [-0.25, -0.2) is 0 Å². The number of amides is 1. The Kier molecular flexibility index (Phi) is 4.46. The Hall–Kier alpha value is -2.69. The van der Waals surface area contributed by atoms with Crippen molar-refractivity contribution in [3.8, 4) is 11.5 Å². The van der Waals surface area contributed by atoms with E-state index in [2.05, 4.69) is 34.5 Å². The van der Waals surface area contributed by atoms with Crippen molar-refractivity contribution in [3.05, 3.63) is 53.6 Å². The summed E-state index contributed by atoms with van der Waals surface area (Å²) in [6, 6.07) is 13.9. The summed E-state index contributed by atoms with van der Waals surface area (Å²) in [6.45, 7) is 3.14. The summed E-state index contributed by atoms with van der Waals surface area (Å²) in [7, 11) is 0. The van der Waals surface area contributed by atoms with E-state index in [0.29, 0.717) is 23.6 Å². The maximum atomic E-state index is 12.2. The molecule has 4 rings (SSSR count). The fraction of sp³-hybridized carbons (Fsp3) is 0.350. The number of nitrogens with one attached hydrogen (secondary N) is 1. The van der Waals surface area contributed by atoms with Crippen LogP contribution >= 0.6 is 0 Å². The molecule has 0 aromatic heterocycles. The highest BCUT2D eigenvalue weighted by molar-refractivity contribution is 5.94. The number of anilines is 1. The zero-order valence-corrected chi connectivity index (χ0v) is 14.2. The van der Waals surface area contributed by atoms with Crippen LogP contribution in [0, 0.1) is 0 Å². The van der Waals surface area contributed by atoms with E-state index in [0.717, 1.165) is 19.5 Å². The largest absolute Gasteiger partial charge is 0.454 e. The molecule has 1 fully saturated rings. The predicted octanol–water partition coefficient (Wildman–Crippen LogP) is 2.99. The van der Waals surface area contributed by atoms with Crippen molar-refractivity contribution in [1.29, 1.82) is 0 Å². The van der Waals surface area contributed by atoms with E-state index < -0.39 is 0 Å². The lowest BCUT2D eigenvalue weighted by molar-refractivity contribution is 0.0953. The molecule has 1 N–H and O–H groups in total. The zero-order valence-electron chi connectivity index (χ0n) is 14.2. The van der Waals surface area contributed by atoms with Crippen molar-refractivity contribution in [1.82, 2.24) is 5.32 Å². The van der Waals surface area contributed by atoms with Crippen molar-refractivity contribution in [2.45, 2.75) is 19.3 Å². The third-order valence-electron chi connectivity index (χ3n) is 4.74. The second-order valence-corrected chi connectivity index (χ2v) is 6.43. The van der Waals surface area contributed by atoms with Crippen LogP contribution in [0.1, 0.15) is 28.8 Å². The van der Waals surface area contributed by atoms with Crippen LogP contribution in [0.3, 0.4) is 0 Å². The standard InChI is InChI=1S/C20H22N2O3/c23-20(16-5-8-18-19(13-16)25-14-24-18)21-10-9-15-3-6-17(7-4-15)22-11-1-2-12-22/h3-8,13H,1-2,9-12,14H2,(H,21,23). The molecular weight excluding hydrogens is 316 g/mol. The SMILES string of the molecule is O=C(NCCc1ccc(N2CCCC2)cc1)c1ccc2c(c1)OCO2. The third kappa shape index (κ3) is 3.55. The number of hydrogen-bond acceptors (Lipinski definition) is 4. The first kappa shape index (κ1) is 15.8. The normalized spacial score (nSPS) is 15.4. The van der Waals surface area contributed by atoms with Gasteiger partial charge in [0.15, 0.2) is 11.5 Å². The molecule has 2 aromatic rings. The summed E-state index contributed by atoms with van der Waals surface area (Å²) in [5, 5.41) is 2.96. The lowest BCUT2D eigenvalue weighted by Crippen LogP contribution is -2.25. The van der Waals surface area contributed by atoms with E-state index in [1.807, 2.05) is 0 Å². The van der Waals surface area contributed by atoms with Gasteiger partial charge in [-0.2, -0.15) is 0 Å². The van der Waals surface area contributed by atoms with Gasteiger partial charge in [0, 0.05) is 30.9 Å². The zero-order chi connectivity index (χ0) is 17.1. The number of fused-ring (bicyclic) bond motifs is 1. The smallest absolute Gasteiger partial charge is 0.251 e. The number of hydrogen-bond donors (Lipinski definition) is 1. The predicted molar refractivity (Wildman–Crippen MR) is 96.5 cm³/mol. The van der Waals surface area contributed by atoms with Crippen LogP contribution in [0.15, 0.2) is 42.5 Å². The molecule has 130 valence electrons. The summed E-state index contributed by atoms with van der Waals surface area (Å²) in [5.74, 6) is 1.23. The van der Waals surface area contributed by atoms with Gasteiger partial charge >= 0.3 is 0 Å². The van der Waals surface area contributed by atoms with Crippen LogP contribution in [0.4, 0.5) is 5.69 Å². The highest BCUT2D eigenvalue weighted by Gasteiger charge is 2.16. The third-order valence-corrected chi connectivity index (χ3v) is 4.74. The Balaban J connectivity index is 1.29. The number of carbonyl (C=O) groups excluding carboxylic acids is 1. The monoisotopic (exact) mass is 338 g/mol. The van der Waals surface area contributed by atoms with Crippen molar-refractivity contribution >= 4 is 11.6 Å². The minimum absolute atomic E-state index is 0.0908. The molecule has 0 atom stereocenters. The van der Waals surface area contributed by atoms with E-state index in [4.69, 9.17) is 9.47 Å². The average molecular weight is 338 g/mol. The number of benzene rings is 2. The van der Waals surface area contributed by atoms with Crippen LogP contribution < -0.4 is 19.7 Å². The molecule has 0 bridgehead atoms. The number of ether oxygens (including phenoxy) is 2. The van der Waals surface area contributed by atoms with Crippen molar-refractivity contribution < 1.29 is 14.3 Å². The van der Waals surface area contributed by atoms with Gasteiger partial charge in [-0.1, -0.05) is 12.1 Å². The van der Waals surface area contributed by atoms with Gasteiger partial charge < -0.3 is 19.7 Å². The lowest BCUT2D eigenvalue weighted by atomic mass is 10.1. The van der Waals surface area contributed by atoms with Crippen molar-refractivity contribution in [3.63, 3.8) is 0 Å². The van der Waals surface area contributed by atoms with E-state index >= 15 is 0 Å². The van der Waals surface area contributed by atoms with Gasteiger partial charge in [-0.3, -0.25) is 4.79 Å². The molecule has 2 heterocycles. The Morgan fingerprint density at radius 1 is 1.00 bits per heavy atom. The lowest BCUT2D eigenvalue weighted by Gasteiger charge is -2.17. The number of carbonyl (C=O) groups is 1. The summed E-state index contributed by atoms with van der Waals surface area (Å²) < 4.78 is 10.6. The van der Waals surface area contributed by atoms with Crippen LogP contribution in [-0.2, 0) is 6.42 Å². The Bertz CT molecular complexity index is 752. The maximum Gasteiger partial charge on any atom is 0.251 e. The van der Waals surface area contributed by atoms with Crippen LogP contribution in [0.5, 0.6) is 11.5 Å². The van der Waals surface area contributed by atoms with E-state index in [1.54, 1.807) is 18.2 Å². The van der Waals surface area contributed by atoms with Gasteiger partial charge in [-0.15, -0.1) is 0 Å². The van der Waals surface area contributed by atoms with Gasteiger partial charge in [-0.05, 0) is 55.2 Å². The minimum Gasteiger partial charge on any atom is -0.454 e. The molecule has 0 spiro atoms.